The third-order valence-corrected chi connectivity index (χ3v) is 0. The first-order chi connectivity index (χ1) is 0. The van der Waals surface area contributed by atoms with Crippen LogP contribution in [0.25, 0.3) is 0 Å². The molecule has 1 nitrogen and oxygen atoms in total. The molecule has 29 valence electrons. The van der Waals surface area contributed by atoms with E-state index in [1.54, 1.807) is 0 Å². The first kappa shape index (κ1) is 78.0. The van der Waals surface area contributed by atoms with Crippen molar-refractivity contribution in [2.75, 3.05) is 0 Å². The molecule has 0 unspecified atom stereocenters. The van der Waals surface area contributed by atoms with Crippen molar-refractivity contribution in [3.05, 3.63) is 0 Å². The Morgan fingerprint density at radius 1 is 0.750 bits per heavy atom. The molecule has 0 aliphatic carbocycles. The fraction of sp³-hybridized carbons (Fsp3) is 0. The van der Waals surface area contributed by atoms with Gasteiger partial charge in [-0.3, -0.25) is 0 Å². The fourth-order valence-electron chi connectivity index (χ4n) is 0. The summed E-state index contributed by atoms with van der Waals surface area (Å²) in [5.41, 5.74) is 0. The molecular formula is H3BrCl2N. The molecular weight excluding hydrogens is 165 g/mol. The molecule has 0 bridgehead atoms. The summed E-state index contributed by atoms with van der Waals surface area (Å²) in [6, 6.07) is 0. The molecule has 0 saturated heterocycles. The monoisotopic (exact) mass is 166 g/mol. The Kier molecular flexibility index (Phi) is 687. The molecule has 0 saturated carbocycles. The Balaban J connectivity index is 0. The van der Waals surface area contributed by atoms with Crippen molar-refractivity contribution in [3.63, 3.8) is 0 Å². The zero-order chi connectivity index (χ0) is 0. The minimum absolute atomic E-state index is 0. The second-order valence-electron chi connectivity index (χ2n) is 0. The van der Waals surface area contributed by atoms with Gasteiger partial charge in [-0.25, -0.2) is 0 Å². The van der Waals surface area contributed by atoms with E-state index < -0.39 is 0 Å². The van der Waals surface area contributed by atoms with Gasteiger partial charge in [0.2, 0.25) is 0 Å². The molecule has 4 heavy (non-hydrogen) atoms. The first-order valence-corrected chi connectivity index (χ1v) is 0. The van der Waals surface area contributed by atoms with E-state index in [0.29, 0.717) is 0 Å². The number of nitrogens with zero attached hydrogens (tertiary/aromatic N) is 1. The van der Waals surface area contributed by atoms with Crippen LogP contribution in [0.15, 0.2) is 0 Å². The molecule has 0 spiro atoms. The summed E-state index contributed by atoms with van der Waals surface area (Å²) in [5.74, 6) is 0. The highest BCUT2D eigenvalue weighted by Gasteiger charge is 0.0000228. The van der Waals surface area contributed by atoms with Gasteiger partial charge in [-0.2, -0.15) is 0 Å². The molecule has 0 atom stereocenters. The maximum Gasteiger partial charge on any atom is 0 e. The largest absolute Gasteiger partial charge is 0.147 e. The van der Waals surface area contributed by atoms with Gasteiger partial charge in [-0.1, -0.05) is 0 Å². The van der Waals surface area contributed by atoms with E-state index in [9.17, 15) is 0 Å². The smallest absolute Gasteiger partial charge is 0 e. The standard InChI is InChI=1S/BrH.2ClH.N/h3*1H;. The number of hydrogen-bond acceptors (Lipinski definition) is 0. The number of rotatable bonds is 0. The molecule has 4 heteroatoms. The van der Waals surface area contributed by atoms with E-state index in [-0.39, 0.29) is 47.9 Å². The maximum absolute atomic E-state index is 0. The lowest BCUT2D eigenvalue weighted by Gasteiger charge is -0.148. The molecule has 0 aromatic rings. The van der Waals surface area contributed by atoms with Gasteiger partial charge >= 0.3 is 0 Å². The molecule has 0 fully saturated rings. The highest BCUT2D eigenvalue weighted by atomic mass is 79.9. The molecule has 0 rings (SSSR count). The zero-order valence-corrected chi connectivity index (χ0v) is 5.02. The highest BCUT2D eigenvalue weighted by Crippen LogP contribution is 0.846. The lowest BCUT2D eigenvalue weighted by atomic mass is 14.0. The van der Waals surface area contributed by atoms with Gasteiger partial charge in [0.05, 0.1) is 0 Å². The van der Waals surface area contributed by atoms with E-state index in [1.807, 2.05) is 0 Å². The van der Waals surface area contributed by atoms with Crippen LogP contribution < -0.4 is 6.15 Å². The van der Waals surface area contributed by atoms with Crippen LogP contribution in [-0.2, 0) is 0 Å². The molecule has 0 amide bonds. The van der Waals surface area contributed by atoms with Crippen molar-refractivity contribution in [2.24, 2.45) is 0 Å². The van der Waals surface area contributed by atoms with Gasteiger partial charge in [-0.05, 0) is 0 Å². The second-order valence-corrected chi connectivity index (χ2v) is 0. The predicted molar refractivity (Wildman–Crippen MR) is 27.0 cm³/mol. The average molecular weight is 168 g/mol. The molecule has 0 aromatic carbocycles. The predicted octanol–water partition coefficient (Wildman–Crippen LogP) is 0.941. The van der Waals surface area contributed by atoms with E-state index in [4.69, 9.17) is 0 Å². The topological polar surface area (TPSA) is 30.5 Å². The summed E-state index contributed by atoms with van der Waals surface area (Å²) in [6.45, 7) is 0. The van der Waals surface area contributed by atoms with Gasteiger partial charge in [0, 0.05) is 6.15 Å². The average Bonchev–Trinajstić information content (AvgIpc) is 0. The quantitative estimate of drug-likeness (QED) is 0.515. The Morgan fingerprint density at radius 3 is 0.750 bits per heavy atom. The van der Waals surface area contributed by atoms with Crippen molar-refractivity contribution in [1.29, 1.82) is 0 Å². The Labute approximate surface area is 48.3 Å². The number of halogens is 3. The van der Waals surface area contributed by atoms with Crippen LogP contribution in [-0.4, -0.2) is 0 Å². The van der Waals surface area contributed by atoms with E-state index >= 15 is 0 Å². The van der Waals surface area contributed by atoms with Crippen LogP contribution in [0.2, 0.25) is 0 Å². The first-order valence-electron chi connectivity index (χ1n) is 0. The van der Waals surface area contributed by atoms with Crippen LogP contribution in [0.3, 0.4) is 0 Å². The van der Waals surface area contributed by atoms with E-state index in [1.165, 1.54) is 0 Å². The summed E-state index contributed by atoms with van der Waals surface area (Å²) in [4.78, 5) is 0. The highest BCUT2D eigenvalue weighted by molar-refractivity contribution is 8.93. The molecule has 0 aliphatic rings. The third kappa shape index (κ3) is 11.8. The summed E-state index contributed by atoms with van der Waals surface area (Å²) >= 11 is 0. The molecule has 0 N–H and O–H groups in total. The Morgan fingerprint density at radius 2 is 0.750 bits per heavy atom. The lowest BCUT2D eigenvalue weighted by molar-refractivity contribution is 2.13. The Hall–Kier alpha value is 1.02. The van der Waals surface area contributed by atoms with E-state index in [2.05, 4.69) is 0 Å². The number of hydrogen-bond donors (Lipinski definition) is 0. The van der Waals surface area contributed by atoms with Crippen molar-refractivity contribution in [1.82, 2.24) is 6.15 Å². The van der Waals surface area contributed by atoms with Crippen LogP contribution in [0, 0.1) is 0 Å². The summed E-state index contributed by atoms with van der Waals surface area (Å²) in [5, 5.41) is 0. The normalized spacial score (nSPS) is 0. The van der Waals surface area contributed by atoms with Gasteiger partial charge in [0.25, 0.3) is 0 Å². The van der Waals surface area contributed by atoms with Crippen LogP contribution in [0.5, 0.6) is 0 Å². The molecule has 0 aromatic heterocycles. The SMILES string of the molecule is Br.Cl.Cl.[N]. The lowest BCUT2D eigenvalue weighted by Crippen LogP contribution is -0.481. The van der Waals surface area contributed by atoms with Gasteiger partial charge in [-0.15, -0.1) is 41.8 Å². The molecule has 0 heterocycles. The van der Waals surface area contributed by atoms with Crippen molar-refractivity contribution in [3.8, 4) is 0 Å². The summed E-state index contributed by atoms with van der Waals surface area (Å²) in [7, 11) is 0. The van der Waals surface area contributed by atoms with Crippen LogP contribution >= 0.6 is 41.8 Å². The van der Waals surface area contributed by atoms with Crippen molar-refractivity contribution >= 4 is 41.8 Å². The Bertz CT molecular complexity index is 6.00. The van der Waals surface area contributed by atoms with Gasteiger partial charge < -0.3 is 0 Å². The summed E-state index contributed by atoms with van der Waals surface area (Å²) < 4.78 is 0. The van der Waals surface area contributed by atoms with Crippen LogP contribution in [0.1, 0.15) is 0 Å². The molecule has 0 aliphatic heterocycles. The van der Waals surface area contributed by atoms with Gasteiger partial charge in [0.15, 0.2) is 0 Å². The second kappa shape index (κ2) is 35.2. The zero-order valence-electron chi connectivity index (χ0n) is 1.67. The minimum Gasteiger partial charge on any atom is -0.147 e. The minimum atomic E-state index is 0. The van der Waals surface area contributed by atoms with Crippen LogP contribution in [0.4, 0.5) is 0 Å². The van der Waals surface area contributed by atoms with Gasteiger partial charge in [0.1, 0.15) is 0 Å². The summed E-state index contributed by atoms with van der Waals surface area (Å²) in [6.07, 6.45) is 0. The van der Waals surface area contributed by atoms with E-state index in [0.717, 1.165) is 0 Å². The van der Waals surface area contributed by atoms with Crippen molar-refractivity contribution in [2.45, 2.75) is 0 Å². The molecule has 3 radical (unpaired) electrons. The maximum atomic E-state index is 0. The fourth-order valence-corrected chi connectivity index (χ4v) is 0. The van der Waals surface area contributed by atoms with Crippen molar-refractivity contribution < 1.29 is 0 Å². The third-order valence-electron chi connectivity index (χ3n) is 0.